The summed E-state index contributed by atoms with van der Waals surface area (Å²) in [7, 11) is 0. The second-order valence-electron chi connectivity index (χ2n) is 1.85. The molecule has 0 aliphatic rings. The summed E-state index contributed by atoms with van der Waals surface area (Å²) in [5, 5.41) is 16.4. The van der Waals surface area contributed by atoms with Crippen molar-refractivity contribution in [1.82, 2.24) is 0 Å². The van der Waals surface area contributed by atoms with Crippen LogP contribution in [0.5, 0.6) is 0 Å². The number of carboxylic acid groups (broad SMARTS) is 2. The minimum atomic E-state index is -1.11. The second kappa shape index (κ2) is 8.12. The molecule has 0 spiro atoms. The molecule has 0 radical (unpaired) electrons. The Morgan fingerprint density at radius 2 is 2.00 bits per heavy atom. The van der Waals surface area contributed by atoms with Crippen LogP contribution >= 0.6 is 11.8 Å². The summed E-state index contributed by atoms with van der Waals surface area (Å²) in [5.74, 6) is -2.06. The van der Waals surface area contributed by atoms with Crippen LogP contribution in [0.15, 0.2) is 0 Å². The molecule has 0 aromatic carbocycles. The fourth-order valence-corrected chi connectivity index (χ4v) is 1.03. The Morgan fingerprint density at radius 1 is 1.50 bits per heavy atom. The molecule has 0 saturated carbocycles. The van der Waals surface area contributed by atoms with Gasteiger partial charge in [0.05, 0.1) is 5.75 Å². The van der Waals surface area contributed by atoms with Gasteiger partial charge in [0.15, 0.2) is 0 Å². The summed E-state index contributed by atoms with van der Waals surface area (Å²) < 4.78 is 0. The van der Waals surface area contributed by atoms with Gasteiger partial charge in [0.1, 0.15) is 6.04 Å². The maximum absolute atomic E-state index is 10.1. The molecular formula is C5H11CaNO4S. The van der Waals surface area contributed by atoms with Crippen molar-refractivity contribution in [3.63, 3.8) is 0 Å². The van der Waals surface area contributed by atoms with E-state index in [4.69, 9.17) is 15.9 Å². The number of carboxylic acids is 2. The average molecular weight is 221 g/mol. The monoisotopic (exact) mass is 221 g/mol. The zero-order valence-electron chi connectivity index (χ0n) is 8.40. The Kier molecular flexibility index (Phi) is 10.2. The van der Waals surface area contributed by atoms with E-state index in [0.717, 1.165) is 11.8 Å². The second-order valence-corrected chi connectivity index (χ2v) is 2.88. The minimum absolute atomic E-state index is 0. The third-order valence-electron chi connectivity index (χ3n) is 0.840. The SMILES string of the molecule is N[C@H](CSCC(=O)O)C(=O)O.[Ca+2].[H-].[H-]. The van der Waals surface area contributed by atoms with Crippen LogP contribution in [0.2, 0.25) is 0 Å². The number of hydrogen-bond acceptors (Lipinski definition) is 4. The molecule has 7 heteroatoms. The maximum atomic E-state index is 10.1. The summed E-state index contributed by atoms with van der Waals surface area (Å²) in [4.78, 5) is 20.0. The third-order valence-corrected chi connectivity index (χ3v) is 1.89. The van der Waals surface area contributed by atoms with E-state index in [1.165, 1.54) is 0 Å². The fraction of sp³-hybridized carbons (Fsp3) is 0.600. The molecule has 0 bridgehead atoms. The predicted molar refractivity (Wildman–Crippen MR) is 48.6 cm³/mol. The van der Waals surface area contributed by atoms with Crippen molar-refractivity contribution in [2.24, 2.45) is 5.73 Å². The molecule has 0 saturated heterocycles. The molecule has 5 nitrogen and oxygen atoms in total. The van der Waals surface area contributed by atoms with Gasteiger partial charge in [-0.25, -0.2) is 0 Å². The van der Waals surface area contributed by atoms with Crippen LogP contribution in [0, 0.1) is 0 Å². The molecule has 0 aliphatic heterocycles. The van der Waals surface area contributed by atoms with Gasteiger partial charge >= 0.3 is 49.7 Å². The molecule has 0 amide bonds. The Labute approximate surface area is 107 Å². The van der Waals surface area contributed by atoms with Crippen LogP contribution in [0.4, 0.5) is 0 Å². The van der Waals surface area contributed by atoms with Gasteiger partial charge in [-0.1, -0.05) is 0 Å². The first kappa shape index (κ1) is 15.0. The van der Waals surface area contributed by atoms with Gasteiger partial charge in [-0.3, -0.25) is 9.59 Å². The molecule has 1 atom stereocenters. The number of aliphatic carboxylic acids is 2. The first-order chi connectivity index (χ1) is 5.04. The maximum Gasteiger partial charge on any atom is 2.00 e. The van der Waals surface area contributed by atoms with Crippen LogP contribution in [0.3, 0.4) is 0 Å². The Morgan fingerprint density at radius 3 is 2.33 bits per heavy atom. The Bertz CT molecular complexity index is 174. The van der Waals surface area contributed by atoms with E-state index < -0.39 is 18.0 Å². The molecule has 68 valence electrons. The number of thioether (sulfide) groups is 1. The van der Waals surface area contributed by atoms with E-state index in [1.54, 1.807) is 0 Å². The molecule has 0 aliphatic carbocycles. The van der Waals surface area contributed by atoms with Crippen LogP contribution in [0.25, 0.3) is 0 Å². The molecule has 0 aromatic heterocycles. The molecule has 0 fully saturated rings. The Hall–Kier alpha value is 0.510. The van der Waals surface area contributed by atoms with Gasteiger partial charge in [0.25, 0.3) is 0 Å². The number of hydrogen-bond donors (Lipinski definition) is 3. The summed E-state index contributed by atoms with van der Waals surface area (Å²) in [6, 6.07) is -0.973. The number of nitrogens with two attached hydrogens (primary N) is 1. The number of rotatable bonds is 5. The van der Waals surface area contributed by atoms with E-state index in [9.17, 15) is 9.59 Å². The largest absolute Gasteiger partial charge is 2.00 e. The normalized spacial score (nSPS) is 11.4. The first-order valence-electron chi connectivity index (χ1n) is 2.82. The van der Waals surface area contributed by atoms with Crippen molar-refractivity contribution in [2.45, 2.75) is 6.04 Å². The topological polar surface area (TPSA) is 101 Å². The van der Waals surface area contributed by atoms with Crippen molar-refractivity contribution in [2.75, 3.05) is 11.5 Å². The van der Waals surface area contributed by atoms with Gasteiger partial charge < -0.3 is 18.8 Å². The van der Waals surface area contributed by atoms with Crippen LogP contribution in [-0.4, -0.2) is 77.4 Å². The van der Waals surface area contributed by atoms with Crippen LogP contribution in [0.1, 0.15) is 2.85 Å². The van der Waals surface area contributed by atoms with Gasteiger partial charge in [0.2, 0.25) is 0 Å². The van der Waals surface area contributed by atoms with Gasteiger partial charge in [-0.05, 0) is 0 Å². The van der Waals surface area contributed by atoms with Gasteiger partial charge in [-0.15, -0.1) is 11.8 Å². The molecule has 0 unspecified atom stereocenters. The molecular weight excluding hydrogens is 210 g/mol. The average Bonchev–Trinajstić information content (AvgIpc) is 1.86. The van der Waals surface area contributed by atoms with Crippen molar-refractivity contribution in [1.29, 1.82) is 0 Å². The van der Waals surface area contributed by atoms with E-state index in [-0.39, 0.29) is 52.1 Å². The smallest absolute Gasteiger partial charge is 1.00 e. The van der Waals surface area contributed by atoms with E-state index in [2.05, 4.69) is 0 Å². The van der Waals surface area contributed by atoms with E-state index >= 15 is 0 Å². The third kappa shape index (κ3) is 8.60. The van der Waals surface area contributed by atoms with Crippen molar-refractivity contribution in [3.8, 4) is 0 Å². The van der Waals surface area contributed by atoms with E-state index in [1.807, 2.05) is 0 Å². The molecule has 0 rings (SSSR count). The molecule has 12 heavy (non-hydrogen) atoms. The zero-order valence-corrected chi connectivity index (χ0v) is 9.42. The van der Waals surface area contributed by atoms with Crippen molar-refractivity contribution in [3.05, 3.63) is 0 Å². The Balaban J connectivity index is -0.000000167. The fourth-order valence-electron chi connectivity index (χ4n) is 0.344. The van der Waals surface area contributed by atoms with E-state index in [0.29, 0.717) is 0 Å². The van der Waals surface area contributed by atoms with Crippen LogP contribution in [-0.2, 0) is 9.59 Å². The molecule has 0 aromatic rings. The summed E-state index contributed by atoms with van der Waals surface area (Å²) >= 11 is 0.992. The molecule has 4 N–H and O–H groups in total. The summed E-state index contributed by atoms with van der Waals surface area (Å²) in [6.45, 7) is 0. The quantitative estimate of drug-likeness (QED) is 0.518. The number of carbonyl (C=O) groups is 2. The summed E-state index contributed by atoms with van der Waals surface area (Å²) in [6.07, 6.45) is 0. The zero-order chi connectivity index (χ0) is 8.85. The molecule has 0 heterocycles. The predicted octanol–water partition coefficient (Wildman–Crippen LogP) is -0.940. The first-order valence-corrected chi connectivity index (χ1v) is 3.97. The summed E-state index contributed by atoms with van der Waals surface area (Å²) in [5.41, 5.74) is 5.09. The van der Waals surface area contributed by atoms with Crippen LogP contribution < -0.4 is 5.73 Å². The van der Waals surface area contributed by atoms with Gasteiger partial charge in [-0.2, -0.15) is 0 Å². The van der Waals surface area contributed by atoms with Crippen molar-refractivity contribution >= 4 is 61.4 Å². The van der Waals surface area contributed by atoms with Crippen molar-refractivity contribution < 1.29 is 22.7 Å². The van der Waals surface area contributed by atoms with Gasteiger partial charge in [0, 0.05) is 5.75 Å². The standard InChI is InChI=1S/C5H9NO4S.Ca.2H/c6-3(5(9)10)1-11-2-4(7)8;;;/h3H,1-2,6H2,(H,7,8)(H,9,10);;;/q;+2;2*-1/t3-;;;/m1.../s1. The minimum Gasteiger partial charge on any atom is -1.00 e.